The summed E-state index contributed by atoms with van der Waals surface area (Å²) >= 11 is 0. The first-order valence-corrected chi connectivity index (χ1v) is 7.55. The van der Waals surface area contributed by atoms with Crippen LogP contribution in [0.3, 0.4) is 0 Å². The monoisotopic (exact) mass is 273 g/mol. The molecular formula is C12H19NO4S. The fourth-order valence-electron chi connectivity index (χ4n) is 1.57. The van der Waals surface area contributed by atoms with E-state index in [1.165, 1.54) is 6.26 Å². The summed E-state index contributed by atoms with van der Waals surface area (Å²) in [5, 5.41) is 8.58. The standard InChI is InChI=1S/C12H19NO4S/c1-13(7-9-17-10-8-14)11-5-3-4-6-12(11)18(2,15)16/h3-6,14H,7-10H2,1-2H3. The van der Waals surface area contributed by atoms with E-state index in [4.69, 9.17) is 9.84 Å². The summed E-state index contributed by atoms with van der Waals surface area (Å²) in [5.74, 6) is 0. The van der Waals surface area contributed by atoms with Gasteiger partial charge in [0.15, 0.2) is 9.84 Å². The van der Waals surface area contributed by atoms with Gasteiger partial charge in [0.25, 0.3) is 0 Å². The van der Waals surface area contributed by atoms with Crippen LogP contribution in [0.1, 0.15) is 0 Å². The van der Waals surface area contributed by atoms with E-state index in [9.17, 15) is 8.42 Å². The van der Waals surface area contributed by atoms with E-state index in [1.54, 1.807) is 24.3 Å². The number of sulfone groups is 1. The summed E-state index contributed by atoms with van der Waals surface area (Å²) < 4.78 is 28.4. The number of aliphatic hydroxyl groups is 1. The second-order valence-electron chi connectivity index (χ2n) is 4.00. The van der Waals surface area contributed by atoms with Crippen molar-refractivity contribution in [1.82, 2.24) is 0 Å². The normalized spacial score (nSPS) is 11.5. The molecule has 102 valence electrons. The van der Waals surface area contributed by atoms with Crippen LogP contribution in [0.4, 0.5) is 5.69 Å². The van der Waals surface area contributed by atoms with E-state index in [0.29, 0.717) is 30.3 Å². The third-order valence-electron chi connectivity index (χ3n) is 2.48. The maximum atomic E-state index is 11.6. The average Bonchev–Trinajstić information content (AvgIpc) is 2.33. The third-order valence-corrected chi connectivity index (χ3v) is 3.63. The van der Waals surface area contributed by atoms with Gasteiger partial charge in [-0.2, -0.15) is 0 Å². The lowest BCUT2D eigenvalue weighted by atomic mass is 10.3. The second-order valence-corrected chi connectivity index (χ2v) is 5.98. The van der Waals surface area contributed by atoms with Crippen LogP contribution in [0.2, 0.25) is 0 Å². The highest BCUT2D eigenvalue weighted by atomic mass is 32.2. The van der Waals surface area contributed by atoms with E-state index < -0.39 is 9.84 Å². The van der Waals surface area contributed by atoms with E-state index in [1.807, 2.05) is 11.9 Å². The largest absolute Gasteiger partial charge is 0.394 e. The number of likely N-dealkylation sites (N-methyl/N-ethyl adjacent to an activating group) is 1. The maximum absolute atomic E-state index is 11.6. The number of aliphatic hydroxyl groups excluding tert-OH is 1. The highest BCUT2D eigenvalue weighted by Crippen LogP contribution is 2.23. The molecule has 1 aromatic carbocycles. The van der Waals surface area contributed by atoms with Gasteiger partial charge in [0, 0.05) is 19.8 Å². The van der Waals surface area contributed by atoms with Gasteiger partial charge < -0.3 is 14.7 Å². The molecule has 0 aliphatic heterocycles. The van der Waals surface area contributed by atoms with Crippen LogP contribution < -0.4 is 4.90 Å². The van der Waals surface area contributed by atoms with Gasteiger partial charge in [0.1, 0.15) is 0 Å². The molecule has 0 unspecified atom stereocenters. The summed E-state index contributed by atoms with van der Waals surface area (Å²) in [6.07, 6.45) is 1.20. The summed E-state index contributed by atoms with van der Waals surface area (Å²) in [5.41, 5.74) is 0.660. The van der Waals surface area contributed by atoms with Crippen molar-refractivity contribution in [3.8, 4) is 0 Å². The van der Waals surface area contributed by atoms with Crippen LogP contribution in [-0.2, 0) is 14.6 Å². The molecule has 1 aromatic rings. The quantitative estimate of drug-likeness (QED) is 0.734. The first-order valence-electron chi connectivity index (χ1n) is 5.65. The zero-order chi connectivity index (χ0) is 13.6. The molecule has 0 aliphatic carbocycles. The fourth-order valence-corrected chi connectivity index (χ4v) is 2.50. The molecule has 0 radical (unpaired) electrons. The number of hydrogen-bond donors (Lipinski definition) is 1. The van der Waals surface area contributed by atoms with Gasteiger partial charge in [0.05, 0.1) is 30.4 Å². The van der Waals surface area contributed by atoms with Crippen LogP contribution in [-0.4, -0.2) is 53.2 Å². The number of rotatable bonds is 7. The minimum absolute atomic E-state index is 0.0103. The van der Waals surface area contributed by atoms with Gasteiger partial charge in [-0.1, -0.05) is 12.1 Å². The van der Waals surface area contributed by atoms with E-state index in [2.05, 4.69) is 0 Å². The summed E-state index contributed by atoms with van der Waals surface area (Å²) in [6, 6.07) is 6.86. The summed E-state index contributed by atoms with van der Waals surface area (Å²) in [7, 11) is -1.42. The van der Waals surface area contributed by atoms with Crippen molar-refractivity contribution in [3.05, 3.63) is 24.3 Å². The molecule has 0 atom stereocenters. The Labute approximate surface area is 108 Å². The van der Waals surface area contributed by atoms with Crippen molar-refractivity contribution in [2.24, 2.45) is 0 Å². The van der Waals surface area contributed by atoms with Crippen LogP contribution in [0.25, 0.3) is 0 Å². The van der Waals surface area contributed by atoms with Crippen molar-refractivity contribution < 1.29 is 18.3 Å². The Morgan fingerprint density at radius 1 is 1.28 bits per heavy atom. The van der Waals surface area contributed by atoms with Crippen LogP contribution in [0, 0.1) is 0 Å². The van der Waals surface area contributed by atoms with E-state index >= 15 is 0 Å². The molecule has 6 heteroatoms. The summed E-state index contributed by atoms with van der Waals surface area (Å²) in [4.78, 5) is 2.14. The van der Waals surface area contributed by atoms with Gasteiger partial charge >= 0.3 is 0 Å². The van der Waals surface area contributed by atoms with Gasteiger partial charge in [-0.25, -0.2) is 8.42 Å². The number of nitrogens with zero attached hydrogens (tertiary/aromatic N) is 1. The van der Waals surface area contributed by atoms with Crippen molar-refractivity contribution in [1.29, 1.82) is 0 Å². The second kappa shape index (κ2) is 6.72. The van der Waals surface area contributed by atoms with Gasteiger partial charge in [-0.15, -0.1) is 0 Å². The summed E-state index contributed by atoms with van der Waals surface area (Å²) in [6.45, 7) is 1.28. The Morgan fingerprint density at radius 2 is 1.94 bits per heavy atom. The Hall–Kier alpha value is -1.11. The molecule has 0 aromatic heterocycles. The number of benzene rings is 1. The average molecular weight is 273 g/mol. The minimum atomic E-state index is -3.24. The third kappa shape index (κ3) is 4.29. The molecule has 0 aliphatic rings. The van der Waals surface area contributed by atoms with E-state index in [0.717, 1.165) is 0 Å². The SMILES string of the molecule is CN(CCOCCO)c1ccccc1S(C)(=O)=O. The molecular weight excluding hydrogens is 254 g/mol. The highest BCUT2D eigenvalue weighted by Gasteiger charge is 2.15. The smallest absolute Gasteiger partial charge is 0.177 e. The van der Waals surface area contributed by atoms with Crippen molar-refractivity contribution in [2.45, 2.75) is 4.90 Å². The molecule has 0 heterocycles. The number of hydrogen-bond acceptors (Lipinski definition) is 5. The molecule has 0 saturated carbocycles. The lowest BCUT2D eigenvalue weighted by Gasteiger charge is -2.21. The molecule has 0 fully saturated rings. The zero-order valence-electron chi connectivity index (χ0n) is 10.7. The molecule has 0 saturated heterocycles. The molecule has 18 heavy (non-hydrogen) atoms. The van der Waals surface area contributed by atoms with Gasteiger partial charge in [-0.05, 0) is 12.1 Å². The Kier molecular flexibility index (Phi) is 5.58. The lowest BCUT2D eigenvalue weighted by molar-refractivity contribution is 0.0971. The van der Waals surface area contributed by atoms with Crippen molar-refractivity contribution in [3.63, 3.8) is 0 Å². The minimum Gasteiger partial charge on any atom is -0.394 e. The van der Waals surface area contributed by atoms with Gasteiger partial charge in [-0.3, -0.25) is 0 Å². The molecule has 0 spiro atoms. The molecule has 1 N–H and O–H groups in total. The Morgan fingerprint density at radius 3 is 2.56 bits per heavy atom. The first-order chi connectivity index (χ1) is 8.46. The molecule has 1 rings (SSSR count). The Balaban J connectivity index is 2.77. The Bertz CT molecular complexity index is 473. The molecule has 0 bridgehead atoms. The topological polar surface area (TPSA) is 66.8 Å². The predicted octanol–water partition coefficient (Wildman–Crippen LogP) is 0.535. The number of ether oxygens (including phenoxy) is 1. The molecule has 0 amide bonds. The number of para-hydroxylation sites is 1. The maximum Gasteiger partial charge on any atom is 0.177 e. The van der Waals surface area contributed by atoms with Gasteiger partial charge in [0.2, 0.25) is 0 Å². The number of anilines is 1. The van der Waals surface area contributed by atoms with Crippen molar-refractivity contribution >= 4 is 15.5 Å². The lowest BCUT2D eigenvalue weighted by Crippen LogP contribution is -2.24. The molecule has 5 nitrogen and oxygen atoms in total. The van der Waals surface area contributed by atoms with Crippen molar-refractivity contribution in [2.75, 3.05) is 44.6 Å². The van der Waals surface area contributed by atoms with Crippen LogP contribution >= 0.6 is 0 Å². The highest BCUT2D eigenvalue weighted by molar-refractivity contribution is 7.90. The first kappa shape index (κ1) is 14.9. The van der Waals surface area contributed by atoms with Crippen LogP contribution in [0.5, 0.6) is 0 Å². The predicted molar refractivity (Wildman–Crippen MR) is 70.7 cm³/mol. The van der Waals surface area contributed by atoms with Crippen LogP contribution in [0.15, 0.2) is 29.2 Å². The zero-order valence-corrected chi connectivity index (χ0v) is 11.5. The van der Waals surface area contributed by atoms with E-state index in [-0.39, 0.29) is 6.61 Å². The fraction of sp³-hybridized carbons (Fsp3) is 0.500.